The molecular weight excluding hydrogens is 430 g/mol. The molecule has 3 aromatic rings. The van der Waals surface area contributed by atoms with Crippen molar-refractivity contribution in [2.45, 2.75) is 11.4 Å². The maximum Gasteiger partial charge on any atom is 0.289 e. The standard InChI is InChI=1S/C19H17N3O8S/c23-6-5-21(31(27,28)18-4-2-1-3-15(18)22(25)26)10-13-7-12-8-16-17(30-11-29-16)9-14(12)20-19(13)24/h1-4,7-9,23H,5-6,10-11H2,(H,20,24). The van der Waals surface area contributed by atoms with E-state index in [1.54, 1.807) is 12.1 Å². The van der Waals surface area contributed by atoms with Gasteiger partial charge in [0.15, 0.2) is 16.4 Å². The summed E-state index contributed by atoms with van der Waals surface area (Å²) in [7, 11) is -4.38. The SMILES string of the molecule is O=c1[nH]c2cc3c(cc2cc1CN(CCO)S(=O)(=O)c1ccccc1[N+](=O)[O-])OCO3. The number of nitro groups is 1. The summed E-state index contributed by atoms with van der Waals surface area (Å²) < 4.78 is 37.7. The largest absolute Gasteiger partial charge is 0.454 e. The number of nitrogens with one attached hydrogen (secondary N) is 1. The molecule has 0 aliphatic carbocycles. The fourth-order valence-electron chi connectivity index (χ4n) is 3.31. The molecule has 1 aromatic heterocycles. The van der Waals surface area contributed by atoms with Crippen LogP contribution in [0, 0.1) is 10.1 Å². The van der Waals surface area contributed by atoms with Gasteiger partial charge in [-0.05, 0) is 18.2 Å². The molecule has 2 heterocycles. The van der Waals surface area contributed by atoms with Gasteiger partial charge >= 0.3 is 0 Å². The smallest absolute Gasteiger partial charge is 0.289 e. The molecular formula is C19H17N3O8S. The van der Waals surface area contributed by atoms with E-state index in [2.05, 4.69) is 4.98 Å². The zero-order chi connectivity index (χ0) is 22.2. The summed E-state index contributed by atoms with van der Waals surface area (Å²) in [4.78, 5) is 25.2. The molecule has 2 aromatic carbocycles. The van der Waals surface area contributed by atoms with Crippen molar-refractivity contribution in [1.29, 1.82) is 0 Å². The number of aromatic amines is 1. The van der Waals surface area contributed by atoms with E-state index in [0.29, 0.717) is 22.4 Å². The van der Waals surface area contributed by atoms with Gasteiger partial charge in [0, 0.05) is 36.2 Å². The Kier molecular flexibility index (Phi) is 5.35. The third kappa shape index (κ3) is 3.83. The Hall–Kier alpha value is -3.48. The summed E-state index contributed by atoms with van der Waals surface area (Å²) >= 11 is 0. The first-order valence-electron chi connectivity index (χ1n) is 9.11. The van der Waals surface area contributed by atoms with E-state index in [0.717, 1.165) is 16.4 Å². The molecule has 4 rings (SSSR count). The highest BCUT2D eigenvalue weighted by molar-refractivity contribution is 7.89. The minimum atomic E-state index is -4.38. The Morgan fingerprint density at radius 1 is 1.16 bits per heavy atom. The lowest BCUT2D eigenvalue weighted by Gasteiger charge is -2.21. The van der Waals surface area contributed by atoms with Crippen LogP contribution in [-0.2, 0) is 16.6 Å². The number of ether oxygens (including phenoxy) is 2. The van der Waals surface area contributed by atoms with E-state index in [4.69, 9.17) is 9.47 Å². The summed E-state index contributed by atoms with van der Waals surface area (Å²) in [5.41, 5.74) is -0.548. The minimum Gasteiger partial charge on any atom is -0.454 e. The first kappa shape index (κ1) is 20.8. The van der Waals surface area contributed by atoms with Gasteiger partial charge in [0.1, 0.15) is 0 Å². The number of benzene rings is 2. The normalized spacial score (nSPS) is 13.1. The van der Waals surface area contributed by atoms with E-state index in [9.17, 15) is 28.4 Å². The average Bonchev–Trinajstić information content (AvgIpc) is 3.19. The van der Waals surface area contributed by atoms with Crippen LogP contribution < -0.4 is 15.0 Å². The number of hydrogen-bond acceptors (Lipinski definition) is 8. The number of nitro benzene ring substituents is 1. The molecule has 12 heteroatoms. The van der Waals surface area contributed by atoms with Crippen molar-refractivity contribution in [3.05, 3.63) is 68.5 Å². The lowest BCUT2D eigenvalue weighted by molar-refractivity contribution is -0.387. The lowest BCUT2D eigenvalue weighted by atomic mass is 10.1. The van der Waals surface area contributed by atoms with Crippen LogP contribution in [-0.4, -0.2) is 47.7 Å². The number of fused-ring (bicyclic) bond motifs is 2. The number of H-pyrrole nitrogens is 1. The Balaban J connectivity index is 1.76. The summed E-state index contributed by atoms with van der Waals surface area (Å²) in [6, 6.07) is 9.69. The number of aliphatic hydroxyl groups is 1. The first-order chi connectivity index (χ1) is 14.8. The maximum atomic E-state index is 13.1. The second-order valence-electron chi connectivity index (χ2n) is 6.70. The van der Waals surface area contributed by atoms with Gasteiger partial charge in [0.25, 0.3) is 11.2 Å². The molecule has 11 nitrogen and oxygen atoms in total. The van der Waals surface area contributed by atoms with Gasteiger partial charge in [0.05, 0.1) is 17.0 Å². The van der Waals surface area contributed by atoms with Crippen molar-refractivity contribution in [1.82, 2.24) is 9.29 Å². The van der Waals surface area contributed by atoms with Gasteiger partial charge in [-0.15, -0.1) is 0 Å². The summed E-state index contributed by atoms with van der Waals surface area (Å²) in [6.45, 7) is -1.23. The van der Waals surface area contributed by atoms with Gasteiger partial charge in [-0.25, -0.2) is 8.42 Å². The Labute approximate surface area is 175 Å². The van der Waals surface area contributed by atoms with E-state index in [-0.39, 0.29) is 18.9 Å². The molecule has 0 radical (unpaired) electrons. The Morgan fingerprint density at radius 2 is 1.87 bits per heavy atom. The predicted octanol–water partition coefficient (Wildman–Crippen LogP) is 1.35. The molecule has 162 valence electrons. The van der Waals surface area contributed by atoms with Crippen LogP contribution in [0.15, 0.2) is 52.2 Å². The molecule has 0 atom stereocenters. The van der Waals surface area contributed by atoms with Gasteiger partial charge in [-0.2, -0.15) is 4.31 Å². The fourth-order valence-corrected chi connectivity index (χ4v) is 4.88. The molecule has 31 heavy (non-hydrogen) atoms. The molecule has 0 bridgehead atoms. The highest BCUT2D eigenvalue weighted by Gasteiger charge is 2.31. The van der Waals surface area contributed by atoms with E-state index in [1.165, 1.54) is 18.2 Å². The maximum absolute atomic E-state index is 13.1. The number of aromatic nitrogens is 1. The van der Waals surface area contributed by atoms with Crippen molar-refractivity contribution in [2.24, 2.45) is 0 Å². The average molecular weight is 447 g/mol. The van der Waals surface area contributed by atoms with Crippen LogP contribution in [0.25, 0.3) is 10.9 Å². The summed E-state index contributed by atoms with van der Waals surface area (Å²) in [6.07, 6.45) is 0. The van der Waals surface area contributed by atoms with Crippen LogP contribution in [0.2, 0.25) is 0 Å². The van der Waals surface area contributed by atoms with Crippen LogP contribution in [0.5, 0.6) is 11.5 Å². The molecule has 0 spiro atoms. The number of sulfonamides is 1. The van der Waals surface area contributed by atoms with Crippen LogP contribution in [0.3, 0.4) is 0 Å². The van der Waals surface area contributed by atoms with E-state index in [1.807, 2.05) is 0 Å². The van der Waals surface area contributed by atoms with Gasteiger partial charge in [0.2, 0.25) is 16.8 Å². The monoisotopic (exact) mass is 447 g/mol. The Morgan fingerprint density at radius 3 is 2.58 bits per heavy atom. The third-order valence-electron chi connectivity index (χ3n) is 4.79. The summed E-state index contributed by atoms with van der Waals surface area (Å²) in [5.74, 6) is 0.974. The number of rotatable bonds is 7. The number of nitrogens with zero attached hydrogens (tertiary/aromatic N) is 2. The fraction of sp³-hybridized carbons (Fsp3) is 0.211. The van der Waals surface area contributed by atoms with E-state index < -0.39 is 44.2 Å². The zero-order valence-corrected chi connectivity index (χ0v) is 16.8. The quantitative estimate of drug-likeness (QED) is 0.407. The molecule has 0 unspecified atom stereocenters. The van der Waals surface area contributed by atoms with Crippen molar-refractivity contribution in [3.63, 3.8) is 0 Å². The van der Waals surface area contributed by atoms with Crippen molar-refractivity contribution in [2.75, 3.05) is 19.9 Å². The third-order valence-corrected chi connectivity index (χ3v) is 6.68. The molecule has 1 aliphatic rings. The van der Waals surface area contributed by atoms with Gasteiger partial charge < -0.3 is 19.6 Å². The minimum absolute atomic E-state index is 0.0567. The van der Waals surface area contributed by atoms with Crippen molar-refractivity contribution < 1.29 is 27.9 Å². The molecule has 1 aliphatic heterocycles. The van der Waals surface area contributed by atoms with E-state index >= 15 is 0 Å². The lowest BCUT2D eigenvalue weighted by Crippen LogP contribution is -2.35. The molecule has 2 N–H and O–H groups in total. The number of aliphatic hydroxyl groups excluding tert-OH is 1. The topological polar surface area (TPSA) is 152 Å². The highest BCUT2D eigenvalue weighted by atomic mass is 32.2. The summed E-state index contributed by atoms with van der Waals surface area (Å²) in [5, 5.41) is 21.3. The molecule has 0 amide bonds. The molecule has 0 saturated carbocycles. The van der Waals surface area contributed by atoms with Crippen molar-refractivity contribution >= 4 is 26.6 Å². The van der Waals surface area contributed by atoms with Crippen LogP contribution in [0.4, 0.5) is 5.69 Å². The number of para-hydroxylation sites is 1. The number of hydrogen-bond donors (Lipinski definition) is 2. The number of pyridine rings is 1. The highest BCUT2D eigenvalue weighted by Crippen LogP contribution is 2.35. The zero-order valence-electron chi connectivity index (χ0n) is 16.0. The second-order valence-corrected chi connectivity index (χ2v) is 8.61. The predicted molar refractivity (Wildman–Crippen MR) is 108 cm³/mol. The first-order valence-corrected chi connectivity index (χ1v) is 10.6. The molecule has 0 fully saturated rings. The molecule has 0 saturated heterocycles. The van der Waals surface area contributed by atoms with Crippen molar-refractivity contribution in [3.8, 4) is 11.5 Å². The second kappa shape index (κ2) is 7.98. The Bertz CT molecular complexity index is 1340. The van der Waals surface area contributed by atoms with Gasteiger partial charge in [-0.3, -0.25) is 14.9 Å². The van der Waals surface area contributed by atoms with Crippen LogP contribution >= 0.6 is 0 Å². The van der Waals surface area contributed by atoms with Crippen LogP contribution in [0.1, 0.15) is 5.56 Å². The van der Waals surface area contributed by atoms with Gasteiger partial charge in [-0.1, -0.05) is 12.1 Å².